The summed E-state index contributed by atoms with van der Waals surface area (Å²) in [6.07, 6.45) is 1.33. The molecule has 0 aliphatic rings. The summed E-state index contributed by atoms with van der Waals surface area (Å²) in [6, 6.07) is 0.0455. The van der Waals surface area contributed by atoms with Crippen LogP contribution in [0.3, 0.4) is 0 Å². The highest BCUT2D eigenvalue weighted by atomic mass is 16.4. The van der Waals surface area contributed by atoms with E-state index in [-0.39, 0.29) is 5.56 Å². The fourth-order valence-electron chi connectivity index (χ4n) is 1.04. The van der Waals surface area contributed by atoms with Gasteiger partial charge in [0.2, 0.25) is 0 Å². The molecule has 1 aromatic rings. The number of nitrogens with zero attached hydrogens (tertiary/aromatic N) is 2. The number of aliphatic hydroxyl groups is 1. The van der Waals surface area contributed by atoms with E-state index in [2.05, 4.69) is 15.5 Å². The Hall–Kier alpha value is -2.02. The van der Waals surface area contributed by atoms with Crippen LogP contribution in [0, 0.1) is 0 Å². The second-order valence-electron chi connectivity index (χ2n) is 3.16. The van der Waals surface area contributed by atoms with Gasteiger partial charge in [-0.3, -0.25) is 4.79 Å². The van der Waals surface area contributed by atoms with Crippen LogP contribution in [-0.4, -0.2) is 44.4 Å². The van der Waals surface area contributed by atoms with Crippen molar-refractivity contribution in [3.63, 3.8) is 0 Å². The third-order valence-corrected chi connectivity index (χ3v) is 1.88. The molecule has 7 heteroatoms. The van der Waals surface area contributed by atoms with E-state index in [1.54, 1.807) is 0 Å². The van der Waals surface area contributed by atoms with Crippen molar-refractivity contribution in [1.29, 1.82) is 0 Å². The summed E-state index contributed by atoms with van der Waals surface area (Å²) in [6.45, 7) is 1.28. The minimum atomic E-state index is -1.35. The van der Waals surface area contributed by atoms with Crippen LogP contribution in [0.2, 0.25) is 0 Å². The summed E-state index contributed by atoms with van der Waals surface area (Å²) in [4.78, 5) is 22.2. The molecule has 0 unspecified atom stereocenters. The van der Waals surface area contributed by atoms with Crippen molar-refractivity contribution in [2.24, 2.45) is 0 Å². The summed E-state index contributed by atoms with van der Waals surface area (Å²) in [5, 5.41) is 27.0. The molecule has 0 spiro atoms. The average Bonchev–Trinajstić information content (AvgIpc) is 2.25. The number of hydrogen-bond donors (Lipinski definition) is 3. The topological polar surface area (TPSA) is 112 Å². The van der Waals surface area contributed by atoms with E-state index >= 15 is 0 Å². The molecule has 86 valence electrons. The van der Waals surface area contributed by atoms with Gasteiger partial charge in [0, 0.05) is 0 Å². The Morgan fingerprint density at radius 2 is 2.12 bits per heavy atom. The number of aromatic nitrogens is 2. The molecule has 0 bridgehead atoms. The lowest BCUT2D eigenvalue weighted by Gasteiger charge is -2.16. The summed E-state index contributed by atoms with van der Waals surface area (Å²) in [5.74, 6) is -1.92. The number of nitrogens with one attached hydrogen (secondary N) is 1. The predicted octanol–water partition coefficient (Wildman–Crippen LogP) is -0.960. The van der Waals surface area contributed by atoms with Gasteiger partial charge >= 0.3 is 5.97 Å². The molecule has 1 heterocycles. The molecule has 1 aromatic heterocycles. The first-order valence-corrected chi connectivity index (χ1v) is 4.51. The van der Waals surface area contributed by atoms with Gasteiger partial charge in [0.1, 0.15) is 0 Å². The maximum absolute atomic E-state index is 11.5. The number of amides is 1. The van der Waals surface area contributed by atoms with E-state index in [4.69, 9.17) is 10.2 Å². The van der Waals surface area contributed by atoms with Crippen LogP contribution in [0.15, 0.2) is 18.5 Å². The monoisotopic (exact) mass is 225 g/mol. The van der Waals surface area contributed by atoms with Crippen molar-refractivity contribution in [2.45, 2.75) is 19.1 Å². The smallest absolute Gasteiger partial charge is 0.328 e. The number of aliphatic carboxylic acids is 1. The summed E-state index contributed by atoms with van der Waals surface area (Å²) < 4.78 is 0. The standard InChI is InChI=1S/C9H11N3O4/c1-5(13)7(9(15)16)12-8(14)6-2-3-10-11-4-6/h2-5,7,13H,1H3,(H,12,14)(H,15,16)/t5-,7+/m1/s1. The predicted molar refractivity (Wildman–Crippen MR) is 52.6 cm³/mol. The Kier molecular flexibility index (Phi) is 3.90. The Balaban J connectivity index is 2.74. The molecule has 7 nitrogen and oxygen atoms in total. The molecule has 2 atom stereocenters. The Morgan fingerprint density at radius 1 is 1.44 bits per heavy atom. The lowest BCUT2D eigenvalue weighted by atomic mass is 10.1. The van der Waals surface area contributed by atoms with Crippen LogP contribution in [0.25, 0.3) is 0 Å². The van der Waals surface area contributed by atoms with Crippen molar-refractivity contribution in [3.8, 4) is 0 Å². The molecule has 0 saturated carbocycles. The van der Waals surface area contributed by atoms with Gasteiger partial charge in [0.15, 0.2) is 6.04 Å². The van der Waals surface area contributed by atoms with E-state index in [0.717, 1.165) is 0 Å². The quantitative estimate of drug-likeness (QED) is 0.608. The molecule has 0 aliphatic heterocycles. The van der Waals surface area contributed by atoms with Gasteiger partial charge in [-0.15, -0.1) is 0 Å². The number of carbonyl (C=O) groups is 2. The molecule has 0 saturated heterocycles. The average molecular weight is 225 g/mol. The fraction of sp³-hybridized carbons (Fsp3) is 0.333. The fourth-order valence-corrected chi connectivity index (χ4v) is 1.04. The van der Waals surface area contributed by atoms with Gasteiger partial charge in [-0.25, -0.2) is 4.79 Å². The SMILES string of the molecule is C[C@@H](O)[C@H](NC(=O)c1ccnnc1)C(=O)O. The molecular weight excluding hydrogens is 214 g/mol. The molecule has 3 N–H and O–H groups in total. The van der Waals surface area contributed by atoms with Crippen molar-refractivity contribution in [3.05, 3.63) is 24.0 Å². The molecular formula is C9H11N3O4. The molecule has 1 rings (SSSR count). The van der Waals surface area contributed by atoms with Crippen LogP contribution < -0.4 is 5.32 Å². The maximum atomic E-state index is 11.5. The minimum Gasteiger partial charge on any atom is -0.480 e. The van der Waals surface area contributed by atoms with Crippen molar-refractivity contribution in [2.75, 3.05) is 0 Å². The Bertz CT molecular complexity index is 380. The van der Waals surface area contributed by atoms with Crippen molar-refractivity contribution >= 4 is 11.9 Å². The van der Waals surface area contributed by atoms with Gasteiger partial charge in [0.25, 0.3) is 5.91 Å². The Labute approximate surface area is 91.1 Å². The first kappa shape index (κ1) is 12.1. The first-order chi connectivity index (χ1) is 7.52. The van der Waals surface area contributed by atoms with E-state index in [1.165, 1.54) is 25.4 Å². The van der Waals surface area contributed by atoms with E-state index in [9.17, 15) is 9.59 Å². The summed E-state index contributed by atoms with van der Waals surface area (Å²) in [7, 11) is 0. The highest BCUT2D eigenvalue weighted by molar-refractivity contribution is 5.96. The number of rotatable bonds is 4. The second kappa shape index (κ2) is 5.17. The van der Waals surface area contributed by atoms with E-state index in [0.29, 0.717) is 0 Å². The minimum absolute atomic E-state index is 0.182. The number of aliphatic hydroxyl groups excluding tert-OH is 1. The zero-order chi connectivity index (χ0) is 12.1. The molecule has 0 fully saturated rings. The summed E-state index contributed by atoms with van der Waals surface area (Å²) in [5.41, 5.74) is 0.182. The zero-order valence-electron chi connectivity index (χ0n) is 8.49. The number of carbonyl (C=O) groups excluding carboxylic acids is 1. The highest BCUT2D eigenvalue weighted by Gasteiger charge is 2.25. The van der Waals surface area contributed by atoms with E-state index in [1.807, 2.05) is 0 Å². The number of carboxylic acids is 1. The molecule has 0 aromatic carbocycles. The molecule has 16 heavy (non-hydrogen) atoms. The third kappa shape index (κ3) is 2.99. The van der Waals surface area contributed by atoms with Crippen molar-refractivity contribution in [1.82, 2.24) is 15.5 Å². The van der Waals surface area contributed by atoms with Gasteiger partial charge in [-0.2, -0.15) is 10.2 Å². The van der Waals surface area contributed by atoms with Crippen LogP contribution in [0.1, 0.15) is 17.3 Å². The van der Waals surface area contributed by atoms with Gasteiger partial charge in [0.05, 0.1) is 24.1 Å². The van der Waals surface area contributed by atoms with Crippen LogP contribution >= 0.6 is 0 Å². The van der Waals surface area contributed by atoms with Crippen molar-refractivity contribution < 1.29 is 19.8 Å². The molecule has 0 radical (unpaired) electrons. The highest BCUT2D eigenvalue weighted by Crippen LogP contribution is 1.98. The normalized spacial score (nSPS) is 13.9. The molecule has 0 aliphatic carbocycles. The van der Waals surface area contributed by atoms with Crippen LogP contribution in [-0.2, 0) is 4.79 Å². The zero-order valence-corrected chi connectivity index (χ0v) is 8.49. The lowest BCUT2D eigenvalue weighted by molar-refractivity contribution is -0.141. The Morgan fingerprint density at radius 3 is 2.56 bits per heavy atom. The first-order valence-electron chi connectivity index (χ1n) is 4.51. The number of carboxylic acid groups (broad SMARTS) is 1. The summed E-state index contributed by atoms with van der Waals surface area (Å²) >= 11 is 0. The maximum Gasteiger partial charge on any atom is 0.328 e. The third-order valence-electron chi connectivity index (χ3n) is 1.88. The second-order valence-corrected chi connectivity index (χ2v) is 3.16. The lowest BCUT2D eigenvalue weighted by Crippen LogP contribution is -2.47. The van der Waals surface area contributed by atoms with Crippen LogP contribution in [0.5, 0.6) is 0 Å². The van der Waals surface area contributed by atoms with Gasteiger partial charge in [-0.1, -0.05) is 0 Å². The van der Waals surface area contributed by atoms with E-state index < -0.39 is 24.0 Å². The largest absolute Gasteiger partial charge is 0.480 e. The van der Waals surface area contributed by atoms with Gasteiger partial charge in [-0.05, 0) is 13.0 Å². The van der Waals surface area contributed by atoms with Gasteiger partial charge < -0.3 is 15.5 Å². The number of hydrogen-bond acceptors (Lipinski definition) is 5. The van der Waals surface area contributed by atoms with Crippen LogP contribution in [0.4, 0.5) is 0 Å². The molecule has 1 amide bonds.